The summed E-state index contributed by atoms with van der Waals surface area (Å²) in [6, 6.07) is 6.46. The molecule has 0 spiro atoms. The van der Waals surface area contributed by atoms with E-state index in [0.29, 0.717) is 23.4 Å². The monoisotopic (exact) mass is 309 g/mol. The SMILES string of the molecule is O=C1c2ccccc2C(=O)N1CC[C@H]1N=C2C=CC=CN2[C@@H]1O. The summed E-state index contributed by atoms with van der Waals surface area (Å²) in [6.07, 6.45) is 6.94. The van der Waals surface area contributed by atoms with Crippen molar-refractivity contribution in [1.82, 2.24) is 9.80 Å². The Morgan fingerprint density at radius 1 is 1.09 bits per heavy atom. The molecule has 4 rings (SSSR count). The highest BCUT2D eigenvalue weighted by atomic mass is 16.3. The summed E-state index contributed by atoms with van der Waals surface area (Å²) in [6.45, 7) is 0.242. The second-order valence-corrected chi connectivity index (χ2v) is 5.67. The van der Waals surface area contributed by atoms with Gasteiger partial charge in [0.2, 0.25) is 0 Å². The third kappa shape index (κ3) is 2.10. The van der Waals surface area contributed by atoms with E-state index >= 15 is 0 Å². The number of fused-ring (bicyclic) bond motifs is 2. The van der Waals surface area contributed by atoms with Crippen LogP contribution in [0.1, 0.15) is 27.1 Å². The number of rotatable bonds is 3. The lowest BCUT2D eigenvalue weighted by Gasteiger charge is -2.23. The molecular formula is C17H15N3O3. The minimum absolute atomic E-state index is 0.242. The molecule has 6 heteroatoms. The Kier molecular flexibility index (Phi) is 3.12. The third-order valence-electron chi connectivity index (χ3n) is 4.32. The topological polar surface area (TPSA) is 73.2 Å². The summed E-state index contributed by atoms with van der Waals surface area (Å²) in [7, 11) is 0. The molecule has 3 aliphatic rings. The summed E-state index contributed by atoms with van der Waals surface area (Å²) < 4.78 is 0. The van der Waals surface area contributed by atoms with Crippen LogP contribution in [0.3, 0.4) is 0 Å². The fraction of sp³-hybridized carbons (Fsp3) is 0.235. The Morgan fingerprint density at radius 2 is 1.78 bits per heavy atom. The van der Waals surface area contributed by atoms with Gasteiger partial charge in [0.15, 0.2) is 6.23 Å². The molecule has 0 aliphatic carbocycles. The minimum atomic E-state index is -0.763. The summed E-state index contributed by atoms with van der Waals surface area (Å²) in [5.74, 6) is 0.152. The molecule has 0 saturated carbocycles. The van der Waals surface area contributed by atoms with Gasteiger partial charge in [-0.2, -0.15) is 0 Å². The van der Waals surface area contributed by atoms with E-state index < -0.39 is 6.23 Å². The van der Waals surface area contributed by atoms with Gasteiger partial charge in [-0.25, -0.2) is 0 Å². The molecule has 0 bridgehead atoms. The molecule has 1 N–H and O–H groups in total. The van der Waals surface area contributed by atoms with Crippen molar-refractivity contribution in [3.8, 4) is 0 Å². The lowest BCUT2D eigenvalue weighted by atomic mass is 10.1. The van der Waals surface area contributed by atoms with E-state index in [2.05, 4.69) is 4.99 Å². The maximum Gasteiger partial charge on any atom is 0.261 e. The zero-order valence-corrected chi connectivity index (χ0v) is 12.3. The molecule has 6 nitrogen and oxygen atoms in total. The first kappa shape index (κ1) is 13.9. The van der Waals surface area contributed by atoms with Crippen LogP contribution in [0.15, 0.2) is 53.7 Å². The van der Waals surface area contributed by atoms with Crippen LogP contribution in [0.5, 0.6) is 0 Å². The predicted octanol–water partition coefficient (Wildman–Crippen LogP) is 1.16. The maximum absolute atomic E-state index is 12.3. The molecule has 23 heavy (non-hydrogen) atoms. The number of aliphatic hydroxyl groups is 1. The van der Waals surface area contributed by atoms with Crippen molar-refractivity contribution >= 4 is 17.6 Å². The van der Waals surface area contributed by atoms with Gasteiger partial charge in [0.25, 0.3) is 11.8 Å². The van der Waals surface area contributed by atoms with Crippen LogP contribution in [0.2, 0.25) is 0 Å². The molecule has 0 fully saturated rings. The van der Waals surface area contributed by atoms with Crippen LogP contribution in [-0.2, 0) is 0 Å². The Hall–Kier alpha value is -2.73. The number of hydrogen-bond donors (Lipinski definition) is 1. The van der Waals surface area contributed by atoms with Crippen LogP contribution >= 0.6 is 0 Å². The molecule has 2 amide bonds. The Balaban J connectivity index is 1.48. The number of aliphatic hydroxyl groups excluding tert-OH is 1. The van der Waals surface area contributed by atoms with E-state index in [9.17, 15) is 14.7 Å². The second kappa shape index (κ2) is 5.17. The first-order valence-electron chi connectivity index (χ1n) is 7.51. The van der Waals surface area contributed by atoms with E-state index in [1.54, 1.807) is 35.4 Å². The quantitative estimate of drug-likeness (QED) is 0.850. The van der Waals surface area contributed by atoms with Gasteiger partial charge in [0, 0.05) is 12.7 Å². The number of carbonyl (C=O) groups excluding carboxylic acids is 2. The number of hydrogen-bond acceptors (Lipinski definition) is 5. The molecule has 1 aromatic rings. The van der Waals surface area contributed by atoms with Crippen molar-refractivity contribution in [3.63, 3.8) is 0 Å². The molecule has 3 aliphatic heterocycles. The number of benzene rings is 1. The zero-order valence-electron chi connectivity index (χ0n) is 12.3. The third-order valence-corrected chi connectivity index (χ3v) is 4.32. The highest BCUT2D eigenvalue weighted by molar-refractivity contribution is 6.21. The average molecular weight is 309 g/mol. The van der Waals surface area contributed by atoms with E-state index in [1.807, 2.05) is 18.2 Å². The lowest BCUT2D eigenvalue weighted by Crippen LogP contribution is -2.38. The largest absolute Gasteiger partial charge is 0.371 e. The zero-order chi connectivity index (χ0) is 16.0. The number of nitrogens with zero attached hydrogens (tertiary/aromatic N) is 3. The van der Waals surface area contributed by atoms with Crippen molar-refractivity contribution in [2.45, 2.75) is 18.7 Å². The minimum Gasteiger partial charge on any atom is -0.371 e. The van der Waals surface area contributed by atoms with Gasteiger partial charge in [-0.3, -0.25) is 19.5 Å². The van der Waals surface area contributed by atoms with Gasteiger partial charge in [-0.15, -0.1) is 0 Å². The van der Waals surface area contributed by atoms with Gasteiger partial charge in [0.1, 0.15) is 5.84 Å². The van der Waals surface area contributed by atoms with Crippen LogP contribution in [0, 0.1) is 0 Å². The highest BCUT2D eigenvalue weighted by Gasteiger charge is 2.38. The summed E-state index contributed by atoms with van der Waals surface area (Å²) >= 11 is 0. The van der Waals surface area contributed by atoms with Gasteiger partial charge in [0.05, 0.1) is 17.2 Å². The van der Waals surface area contributed by atoms with Crippen molar-refractivity contribution < 1.29 is 14.7 Å². The molecule has 0 aromatic heterocycles. The Bertz CT molecular complexity index is 746. The van der Waals surface area contributed by atoms with Gasteiger partial charge in [-0.1, -0.05) is 18.2 Å². The van der Waals surface area contributed by atoms with Gasteiger partial charge < -0.3 is 10.0 Å². The number of amides is 2. The molecule has 0 saturated heterocycles. The molecule has 2 atom stereocenters. The molecular weight excluding hydrogens is 294 g/mol. The number of carbonyl (C=O) groups is 2. The van der Waals surface area contributed by atoms with Crippen LogP contribution < -0.4 is 0 Å². The van der Waals surface area contributed by atoms with Crippen LogP contribution in [0.4, 0.5) is 0 Å². The maximum atomic E-state index is 12.3. The summed E-state index contributed by atoms with van der Waals surface area (Å²) in [4.78, 5) is 32.0. The van der Waals surface area contributed by atoms with E-state index in [1.165, 1.54) is 4.90 Å². The van der Waals surface area contributed by atoms with Gasteiger partial charge >= 0.3 is 0 Å². The van der Waals surface area contributed by atoms with Crippen molar-refractivity contribution in [2.24, 2.45) is 4.99 Å². The number of aliphatic imine (C=N–C) groups is 1. The summed E-state index contributed by atoms with van der Waals surface area (Å²) in [5, 5.41) is 10.3. The molecule has 0 radical (unpaired) electrons. The number of amidine groups is 1. The molecule has 3 heterocycles. The summed E-state index contributed by atoms with van der Waals surface area (Å²) in [5.41, 5.74) is 0.887. The smallest absolute Gasteiger partial charge is 0.261 e. The Labute approximate surface area is 133 Å². The fourth-order valence-electron chi connectivity index (χ4n) is 3.12. The first-order chi connectivity index (χ1) is 11.2. The molecule has 0 unspecified atom stereocenters. The lowest BCUT2D eigenvalue weighted by molar-refractivity contribution is 0.0561. The average Bonchev–Trinajstić information content (AvgIpc) is 3.02. The van der Waals surface area contributed by atoms with E-state index in [0.717, 1.165) is 0 Å². The second-order valence-electron chi connectivity index (χ2n) is 5.67. The predicted molar refractivity (Wildman–Crippen MR) is 83.8 cm³/mol. The standard InChI is InChI=1S/C17H15N3O3/c21-15-11-5-1-2-6-12(11)16(22)20(15)10-8-13-17(23)19-9-4-3-7-14(19)18-13/h1-7,9,13,17,23H,8,10H2/t13-,17-/m1/s1. The highest BCUT2D eigenvalue weighted by Crippen LogP contribution is 2.25. The van der Waals surface area contributed by atoms with Crippen molar-refractivity contribution in [1.29, 1.82) is 0 Å². The van der Waals surface area contributed by atoms with Crippen LogP contribution in [0.25, 0.3) is 0 Å². The number of allylic oxidation sites excluding steroid dienone is 2. The fourth-order valence-corrected chi connectivity index (χ4v) is 3.12. The molecule has 116 valence electrons. The van der Waals surface area contributed by atoms with Crippen molar-refractivity contribution in [2.75, 3.05) is 6.54 Å². The van der Waals surface area contributed by atoms with Crippen LogP contribution in [-0.4, -0.2) is 51.4 Å². The van der Waals surface area contributed by atoms with E-state index in [-0.39, 0.29) is 24.4 Å². The van der Waals surface area contributed by atoms with Gasteiger partial charge in [-0.05, 0) is 30.7 Å². The van der Waals surface area contributed by atoms with E-state index in [4.69, 9.17) is 0 Å². The first-order valence-corrected chi connectivity index (χ1v) is 7.51. The molecule has 1 aromatic carbocycles. The normalized spacial score (nSPS) is 25.0. The number of imide groups is 1. The van der Waals surface area contributed by atoms with Crippen molar-refractivity contribution in [3.05, 3.63) is 59.8 Å². The Morgan fingerprint density at radius 3 is 2.43 bits per heavy atom.